The minimum atomic E-state index is -0.414. The summed E-state index contributed by atoms with van der Waals surface area (Å²) in [6.45, 7) is 0. The van der Waals surface area contributed by atoms with Crippen LogP contribution in [-0.4, -0.2) is 30.3 Å². The second kappa shape index (κ2) is 7.35. The summed E-state index contributed by atoms with van der Waals surface area (Å²) in [7, 11) is 3.03. The van der Waals surface area contributed by atoms with Crippen molar-refractivity contribution >= 4 is 27.9 Å². The van der Waals surface area contributed by atoms with Gasteiger partial charge in [0.25, 0.3) is 5.91 Å². The van der Waals surface area contributed by atoms with E-state index in [2.05, 4.69) is 31.4 Å². The number of aromatic nitrogens is 2. The first-order chi connectivity index (χ1) is 12.1. The highest BCUT2D eigenvalue weighted by Gasteiger charge is 2.14. The quantitative estimate of drug-likeness (QED) is 0.697. The first-order valence-corrected chi connectivity index (χ1v) is 8.02. The zero-order valence-electron chi connectivity index (χ0n) is 13.4. The Bertz CT molecular complexity index is 871. The fraction of sp³-hybridized carbons (Fsp3) is 0.118. The zero-order chi connectivity index (χ0) is 17.8. The molecule has 3 rings (SSSR count). The molecule has 1 heterocycles. The van der Waals surface area contributed by atoms with Crippen LogP contribution in [0.25, 0.3) is 11.5 Å². The van der Waals surface area contributed by atoms with Crippen LogP contribution in [0.3, 0.4) is 0 Å². The molecule has 2 aromatic carbocycles. The van der Waals surface area contributed by atoms with E-state index in [9.17, 15) is 4.79 Å². The van der Waals surface area contributed by atoms with E-state index in [4.69, 9.17) is 13.9 Å². The third-order valence-electron chi connectivity index (χ3n) is 3.35. The van der Waals surface area contributed by atoms with Crippen LogP contribution in [0.2, 0.25) is 0 Å². The molecule has 0 aliphatic heterocycles. The lowest BCUT2D eigenvalue weighted by Gasteiger charge is -2.07. The van der Waals surface area contributed by atoms with Gasteiger partial charge in [0.15, 0.2) is 0 Å². The van der Waals surface area contributed by atoms with Gasteiger partial charge in [-0.05, 0) is 36.4 Å². The van der Waals surface area contributed by atoms with Gasteiger partial charge in [-0.15, -0.1) is 5.10 Å². The number of nitrogens with zero attached hydrogens (tertiary/aromatic N) is 2. The van der Waals surface area contributed by atoms with Gasteiger partial charge >= 0.3 is 6.01 Å². The maximum atomic E-state index is 12.4. The predicted octanol–water partition coefficient (Wildman–Crippen LogP) is 3.77. The third-order valence-corrected chi connectivity index (χ3v) is 3.88. The van der Waals surface area contributed by atoms with E-state index >= 15 is 0 Å². The average molecular weight is 404 g/mol. The molecule has 0 radical (unpaired) electrons. The van der Waals surface area contributed by atoms with Crippen LogP contribution in [0.15, 0.2) is 51.4 Å². The van der Waals surface area contributed by atoms with Crippen LogP contribution >= 0.6 is 15.9 Å². The van der Waals surface area contributed by atoms with E-state index in [0.29, 0.717) is 23.0 Å². The Morgan fingerprint density at radius 2 is 1.68 bits per heavy atom. The van der Waals surface area contributed by atoms with E-state index in [0.717, 1.165) is 10.0 Å². The molecule has 0 spiro atoms. The van der Waals surface area contributed by atoms with Gasteiger partial charge < -0.3 is 13.9 Å². The predicted molar refractivity (Wildman–Crippen MR) is 94.9 cm³/mol. The Morgan fingerprint density at radius 3 is 2.28 bits per heavy atom. The number of benzene rings is 2. The summed E-state index contributed by atoms with van der Waals surface area (Å²) in [6.07, 6.45) is 0. The molecule has 0 aliphatic carbocycles. The molecule has 128 valence electrons. The minimum absolute atomic E-state index is 0.00436. The zero-order valence-corrected chi connectivity index (χ0v) is 15.0. The Balaban J connectivity index is 1.79. The summed E-state index contributed by atoms with van der Waals surface area (Å²) in [5, 5.41) is 10.3. The number of ether oxygens (including phenoxy) is 2. The molecule has 0 aliphatic rings. The fourth-order valence-electron chi connectivity index (χ4n) is 2.09. The molecule has 0 bridgehead atoms. The highest BCUT2D eigenvalue weighted by molar-refractivity contribution is 9.10. The van der Waals surface area contributed by atoms with Crippen LogP contribution < -0.4 is 14.8 Å². The van der Waals surface area contributed by atoms with Crippen LogP contribution in [0.5, 0.6) is 11.5 Å². The number of nitrogens with one attached hydrogen (secondary N) is 1. The molecule has 0 saturated carbocycles. The third kappa shape index (κ3) is 3.97. The van der Waals surface area contributed by atoms with Crippen molar-refractivity contribution in [1.82, 2.24) is 10.2 Å². The number of rotatable bonds is 5. The fourth-order valence-corrected chi connectivity index (χ4v) is 2.36. The summed E-state index contributed by atoms with van der Waals surface area (Å²) >= 11 is 3.36. The molecule has 3 aromatic rings. The number of amides is 1. The molecule has 0 atom stereocenters. The molecule has 8 heteroatoms. The minimum Gasteiger partial charge on any atom is -0.497 e. The van der Waals surface area contributed by atoms with E-state index < -0.39 is 5.91 Å². The molecule has 1 N–H and O–H groups in total. The summed E-state index contributed by atoms with van der Waals surface area (Å²) in [6, 6.07) is 12.2. The average Bonchev–Trinajstić information content (AvgIpc) is 3.10. The van der Waals surface area contributed by atoms with E-state index in [1.165, 1.54) is 14.2 Å². The van der Waals surface area contributed by atoms with Gasteiger partial charge in [-0.2, -0.15) is 0 Å². The molecular weight excluding hydrogens is 390 g/mol. The number of hydrogen-bond acceptors (Lipinski definition) is 6. The number of methoxy groups -OCH3 is 2. The highest BCUT2D eigenvalue weighted by atomic mass is 79.9. The molecule has 7 nitrogen and oxygen atoms in total. The second-order valence-corrected chi connectivity index (χ2v) is 5.89. The van der Waals surface area contributed by atoms with Gasteiger partial charge in [0.2, 0.25) is 5.89 Å². The van der Waals surface area contributed by atoms with Crippen molar-refractivity contribution in [3.63, 3.8) is 0 Å². The topological polar surface area (TPSA) is 86.5 Å². The van der Waals surface area contributed by atoms with Crippen LogP contribution in [0.4, 0.5) is 6.01 Å². The normalized spacial score (nSPS) is 10.4. The maximum Gasteiger partial charge on any atom is 0.322 e. The van der Waals surface area contributed by atoms with Crippen molar-refractivity contribution in [2.45, 2.75) is 0 Å². The number of anilines is 1. The van der Waals surface area contributed by atoms with Gasteiger partial charge in [0.05, 0.1) is 14.2 Å². The summed E-state index contributed by atoms with van der Waals surface area (Å²) in [5.41, 5.74) is 1.10. The van der Waals surface area contributed by atoms with Crippen LogP contribution in [-0.2, 0) is 0 Å². The van der Waals surface area contributed by atoms with Gasteiger partial charge in [-0.3, -0.25) is 10.1 Å². The molecular formula is C17H14BrN3O4. The Morgan fingerprint density at radius 1 is 1.04 bits per heavy atom. The standard InChI is InChI=1S/C17H14BrN3O4/c1-23-13-7-11(8-14(9-13)24-2)15(22)19-17-21-20-16(25-17)10-3-5-12(18)6-4-10/h3-9H,1-2H3,(H,19,21,22). The van der Waals surface area contributed by atoms with Gasteiger partial charge in [-0.1, -0.05) is 21.0 Å². The number of carbonyl (C=O) groups excluding carboxylic acids is 1. The Labute approximate surface area is 152 Å². The van der Waals surface area contributed by atoms with Gasteiger partial charge in [0, 0.05) is 21.7 Å². The number of hydrogen-bond donors (Lipinski definition) is 1. The Kier molecular flexibility index (Phi) is 4.99. The van der Waals surface area contributed by atoms with Crippen molar-refractivity contribution in [3.8, 4) is 23.0 Å². The monoisotopic (exact) mass is 403 g/mol. The first-order valence-electron chi connectivity index (χ1n) is 7.23. The number of halogens is 1. The molecule has 0 unspecified atom stereocenters. The highest BCUT2D eigenvalue weighted by Crippen LogP contribution is 2.24. The second-order valence-electron chi connectivity index (χ2n) is 4.97. The SMILES string of the molecule is COc1cc(OC)cc(C(=O)Nc2nnc(-c3ccc(Br)cc3)o2)c1. The van der Waals surface area contributed by atoms with Crippen molar-refractivity contribution in [3.05, 3.63) is 52.5 Å². The van der Waals surface area contributed by atoms with Crippen molar-refractivity contribution in [2.24, 2.45) is 0 Å². The van der Waals surface area contributed by atoms with Crippen molar-refractivity contribution in [1.29, 1.82) is 0 Å². The van der Waals surface area contributed by atoms with E-state index in [-0.39, 0.29) is 6.01 Å². The maximum absolute atomic E-state index is 12.4. The summed E-state index contributed by atoms with van der Waals surface area (Å²) in [4.78, 5) is 12.4. The number of carbonyl (C=O) groups is 1. The van der Waals surface area contributed by atoms with Gasteiger partial charge in [0.1, 0.15) is 11.5 Å². The molecule has 25 heavy (non-hydrogen) atoms. The molecule has 1 amide bonds. The van der Waals surface area contributed by atoms with Crippen molar-refractivity contribution < 1.29 is 18.7 Å². The lowest BCUT2D eigenvalue weighted by atomic mass is 10.2. The lowest BCUT2D eigenvalue weighted by molar-refractivity contribution is 0.102. The Hall–Kier alpha value is -2.87. The van der Waals surface area contributed by atoms with E-state index in [1.54, 1.807) is 18.2 Å². The first kappa shape index (κ1) is 17.0. The van der Waals surface area contributed by atoms with Crippen LogP contribution in [0.1, 0.15) is 10.4 Å². The van der Waals surface area contributed by atoms with Gasteiger partial charge in [-0.25, -0.2) is 0 Å². The molecule has 1 aromatic heterocycles. The summed E-state index contributed by atoms with van der Waals surface area (Å²) < 4.78 is 16.7. The molecule has 0 saturated heterocycles. The molecule has 0 fully saturated rings. The summed E-state index contributed by atoms with van der Waals surface area (Å²) in [5.74, 6) is 0.908. The smallest absolute Gasteiger partial charge is 0.322 e. The van der Waals surface area contributed by atoms with Crippen molar-refractivity contribution in [2.75, 3.05) is 19.5 Å². The van der Waals surface area contributed by atoms with E-state index in [1.807, 2.05) is 24.3 Å². The lowest BCUT2D eigenvalue weighted by Crippen LogP contribution is -2.12. The largest absolute Gasteiger partial charge is 0.497 e. The van der Waals surface area contributed by atoms with Crippen LogP contribution in [0, 0.1) is 0 Å².